The van der Waals surface area contributed by atoms with Crippen molar-refractivity contribution in [1.82, 2.24) is 10.2 Å². The summed E-state index contributed by atoms with van der Waals surface area (Å²) in [5.41, 5.74) is 1.26. The lowest BCUT2D eigenvalue weighted by molar-refractivity contribution is 0.253. The van der Waals surface area contributed by atoms with Crippen LogP contribution in [0.25, 0.3) is 0 Å². The van der Waals surface area contributed by atoms with Crippen LogP contribution in [-0.4, -0.2) is 25.5 Å². The van der Waals surface area contributed by atoms with Gasteiger partial charge in [0.05, 0.1) is 12.8 Å². The second-order valence-corrected chi connectivity index (χ2v) is 4.61. The van der Waals surface area contributed by atoms with Crippen LogP contribution in [0.4, 0.5) is 0 Å². The highest BCUT2D eigenvalue weighted by Gasteiger charge is 2.10. The van der Waals surface area contributed by atoms with Gasteiger partial charge in [-0.05, 0) is 26.1 Å². The van der Waals surface area contributed by atoms with Crippen LogP contribution in [-0.2, 0) is 13.1 Å². The SMILES string of the molecule is CCC(C)CN(C)Cc1occc1CNC. The normalized spacial score (nSPS) is 13.3. The van der Waals surface area contributed by atoms with Crippen LogP contribution < -0.4 is 5.32 Å². The minimum absolute atomic E-state index is 0.743. The molecule has 0 aromatic carbocycles. The number of hydrogen-bond acceptors (Lipinski definition) is 3. The van der Waals surface area contributed by atoms with E-state index in [2.05, 4.69) is 31.1 Å². The molecule has 0 aliphatic rings. The van der Waals surface area contributed by atoms with Crippen LogP contribution in [0.15, 0.2) is 16.7 Å². The Bertz CT molecular complexity index is 296. The zero-order valence-corrected chi connectivity index (χ0v) is 10.9. The van der Waals surface area contributed by atoms with E-state index in [1.807, 2.05) is 13.1 Å². The molecule has 16 heavy (non-hydrogen) atoms. The molecule has 92 valence electrons. The summed E-state index contributed by atoms with van der Waals surface area (Å²) in [6.45, 7) is 7.42. The maximum absolute atomic E-state index is 5.52. The lowest BCUT2D eigenvalue weighted by Gasteiger charge is -2.19. The topological polar surface area (TPSA) is 28.4 Å². The van der Waals surface area contributed by atoms with Crippen molar-refractivity contribution >= 4 is 0 Å². The molecule has 3 heteroatoms. The maximum atomic E-state index is 5.52. The molecule has 1 aromatic heterocycles. The van der Waals surface area contributed by atoms with Gasteiger partial charge in [0.1, 0.15) is 5.76 Å². The molecule has 1 N–H and O–H groups in total. The van der Waals surface area contributed by atoms with Gasteiger partial charge >= 0.3 is 0 Å². The average Bonchev–Trinajstić information content (AvgIpc) is 2.66. The summed E-state index contributed by atoms with van der Waals surface area (Å²) in [7, 11) is 4.11. The summed E-state index contributed by atoms with van der Waals surface area (Å²) in [6, 6.07) is 2.04. The first-order valence-electron chi connectivity index (χ1n) is 6.05. The number of hydrogen-bond donors (Lipinski definition) is 1. The first kappa shape index (κ1) is 13.3. The highest BCUT2D eigenvalue weighted by molar-refractivity contribution is 5.16. The van der Waals surface area contributed by atoms with Crippen molar-refractivity contribution in [2.75, 3.05) is 20.6 Å². The van der Waals surface area contributed by atoms with Crippen LogP contribution >= 0.6 is 0 Å². The van der Waals surface area contributed by atoms with Gasteiger partial charge in [0.15, 0.2) is 0 Å². The van der Waals surface area contributed by atoms with Crippen molar-refractivity contribution in [3.05, 3.63) is 23.7 Å². The van der Waals surface area contributed by atoms with Gasteiger partial charge in [0.25, 0.3) is 0 Å². The molecule has 0 saturated heterocycles. The van der Waals surface area contributed by atoms with Gasteiger partial charge in [0.2, 0.25) is 0 Å². The molecular formula is C13H24N2O. The van der Waals surface area contributed by atoms with Crippen LogP contribution in [0.1, 0.15) is 31.6 Å². The average molecular weight is 224 g/mol. The molecule has 0 radical (unpaired) electrons. The predicted octanol–water partition coefficient (Wildman–Crippen LogP) is 2.48. The van der Waals surface area contributed by atoms with Crippen molar-refractivity contribution in [3.8, 4) is 0 Å². The molecule has 1 unspecified atom stereocenters. The lowest BCUT2D eigenvalue weighted by atomic mass is 10.1. The van der Waals surface area contributed by atoms with Gasteiger partial charge in [-0.1, -0.05) is 20.3 Å². The predicted molar refractivity (Wildman–Crippen MR) is 67.3 cm³/mol. The van der Waals surface area contributed by atoms with E-state index in [-0.39, 0.29) is 0 Å². The molecule has 0 saturated carbocycles. The van der Waals surface area contributed by atoms with Gasteiger partial charge in [-0.25, -0.2) is 0 Å². The van der Waals surface area contributed by atoms with Crippen molar-refractivity contribution in [2.24, 2.45) is 5.92 Å². The van der Waals surface area contributed by atoms with E-state index in [0.29, 0.717) is 0 Å². The van der Waals surface area contributed by atoms with Crippen LogP contribution in [0, 0.1) is 5.92 Å². The fourth-order valence-electron chi connectivity index (χ4n) is 1.82. The van der Waals surface area contributed by atoms with E-state index >= 15 is 0 Å². The highest BCUT2D eigenvalue weighted by atomic mass is 16.3. The van der Waals surface area contributed by atoms with E-state index < -0.39 is 0 Å². The van der Waals surface area contributed by atoms with Gasteiger partial charge in [0, 0.05) is 18.7 Å². The Balaban J connectivity index is 2.48. The summed E-state index contributed by atoms with van der Waals surface area (Å²) in [5.74, 6) is 1.83. The molecule has 0 bridgehead atoms. The van der Waals surface area contributed by atoms with E-state index in [1.54, 1.807) is 6.26 Å². The van der Waals surface area contributed by atoms with Crippen molar-refractivity contribution in [1.29, 1.82) is 0 Å². The maximum Gasteiger partial charge on any atom is 0.122 e. The van der Waals surface area contributed by atoms with E-state index in [4.69, 9.17) is 4.42 Å². The minimum atomic E-state index is 0.743. The summed E-state index contributed by atoms with van der Waals surface area (Å²) < 4.78 is 5.52. The Labute approximate surface area is 98.8 Å². The fraction of sp³-hybridized carbons (Fsp3) is 0.692. The number of nitrogens with zero attached hydrogens (tertiary/aromatic N) is 1. The molecule has 0 aliphatic heterocycles. The zero-order valence-electron chi connectivity index (χ0n) is 10.9. The lowest BCUT2D eigenvalue weighted by Crippen LogP contribution is -2.24. The van der Waals surface area contributed by atoms with Gasteiger partial charge < -0.3 is 9.73 Å². The minimum Gasteiger partial charge on any atom is -0.468 e. The zero-order chi connectivity index (χ0) is 12.0. The van der Waals surface area contributed by atoms with Crippen molar-refractivity contribution < 1.29 is 4.42 Å². The molecule has 0 fully saturated rings. The smallest absolute Gasteiger partial charge is 0.122 e. The Morgan fingerprint density at radius 3 is 2.88 bits per heavy atom. The first-order valence-corrected chi connectivity index (χ1v) is 6.05. The number of rotatable bonds is 7. The third kappa shape index (κ3) is 3.99. The molecule has 0 spiro atoms. The molecule has 1 heterocycles. The summed E-state index contributed by atoms with van der Waals surface area (Å²) >= 11 is 0. The standard InChI is InChI=1S/C13H24N2O/c1-5-11(2)9-15(4)10-13-12(8-14-3)6-7-16-13/h6-7,11,14H,5,8-10H2,1-4H3. The van der Waals surface area contributed by atoms with Gasteiger partial charge in [-0.15, -0.1) is 0 Å². The second kappa shape index (κ2) is 6.71. The van der Waals surface area contributed by atoms with E-state index in [1.165, 1.54) is 12.0 Å². The summed E-state index contributed by atoms with van der Waals surface area (Å²) in [4.78, 5) is 2.33. The molecule has 1 atom stereocenters. The number of furan rings is 1. The quantitative estimate of drug-likeness (QED) is 0.771. The highest BCUT2D eigenvalue weighted by Crippen LogP contribution is 2.13. The molecule has 0 aliphatic carbocycles. The third-order valence-corrected chi connectivity index (χ3v) is 2.94. The Morgan fingerprint density at radius 2 is 2.25 bits per heavy atom. The fourth-order valence-corrected chi connectivity index (χ4v) is 1.82. The van der Waals surface area contributed by atoms with E-state index in [9.17, 15) is 0 Å². The third-order valence-electron chi connectivity index (χ3n) is 2.94. The van der Waals surface area contributed by atoms with E-state index in [0.717, 1.165) is 31.3 Å². The Kier molecular flexibility index (Phi) is 5.56. The van der Waals surface area contributed by atoms with Crippen molar-refractivity contribution in [3.63, 3.8) is 0 Å². The molecule has 1 rings (SSSR count). The van der Waals surface area contributed by atoms with Crippen LogP contribution in [0.2, 0.25) is 0 Å². The Hall–Kier alpha value is -0.800. The van der Waals surface area contributed by atoms with Crippen LogP contribution in [0.5, 0.6) is 0 Å². The van der Waals surface area contributed by atoms with Gasteiger partial charge in [-0.3, -0.25) is 4.90 Å². The largest absolute Gasteiger partial charge is 0.468 e. The first-order chi connectivity index (χ1) is 7.67. The number of nitrogens with one attached hydrogen (secondary N) is 1. The van der Waals surface area contributed by atoms with Crippen molar-refractivity contribution in [2.45, 2.75) is 33.4 Å². The molecular weight excluding hydrogens is 200 g/mol. The molecule has 3 nitrogen and oxygen atoms in total. The second-order valence-electron chi connectivity index (χ2n) is 4.61. The summed E-state index contributed by atoms with van der Waals surface area (Å²) in [6.07, 6.45) is 3.00. The van der Waals surface area contributed by atoms with Crippen LogP contribution in [0.3, 0.4) is 0 Å². The molecule has 0 amide bonds. The summed E-state index contributed by atoms with van der Waals surface area (Å²) in [5, 5.41) is 3.16. The monoisotopic (exact) mass is 224 g/mol. The Morgan fingerprint density at radius 1 is 1.50 bits per heavy atom. The molecule has 1 aromatic rings. The van der Waals surface area contributed by atoms with Gasteiger partial charge in [-0.2, -0.15) is 0 Å².